The van der Waals surface area contributed by atoms with Gasteiger partial charge in [0.25, 0.3) is 0 Å². The first kappa shape index (κ1) is 20.6. The van der Waals surface area contributed by atoms with Gasteiger partial charge in [0.2, 0.25) is 0 Å². The average Bonchev–Trinajstić information content (AvgIpc) is 2.82. The SMILES string of the molecule is C=Cc1ccc(CSc2cccc3c(SCc4ccc(C=C)cc4)cccc23)cc1. The highest BCUT2D eigenvalue weighted by Gasteiger charge is 2.07. The van der Waals surface area contributed by atoms with Crippen LogP contribution in [0, 0.1) is 0 Å². The zero-order chi connectivity index (χ0) is 20.8. The number of hydrogen-bond acceptors (Lipinski definition) is 2. The Morgan fingerprint density at radius 3 is 1.30 bits per heavy atom. The monoisotopic (exact) mass is 424 g/mol. The molecule has 0 amide bonds. The van der Waals surface area contributed by atoms with Gasteiger partial charge in [0.15, 0.2) is 0 Å². The van der Waals surface area contributed by atoms with E-state index in [2.05, 4.69) is 98.1 Å². The van der Waals surface area contributed by atoms with Crippen molar-refractivity contribution in [2.75, 3.05) is 0 Å². The van der Waals surface area contributed by atoms with Crippen LogP contribution in [0.25, 0.3) is 22.9 Å². The maximum absolute atomic E-state index is 3.83. The van der Waals surface area contributed by atoms with Crippen molar-refractivity contribution in [3.05, 3.63) is 120 Å². The van der Waals surface area contributed by atoms with Gasteiger partial charge >= 0.3 is 0 Å². The first-order valence-electron chi connectivity index (χ1n) is 9.97. The zero-order valence-electron chi connectivity index (χ0n) is 16.9. The third-order valence-electron chi connectivity index (χ3n) is 5.06. The molecule has 4 aromatic rings. The van der Waals surface area contributed by atoms with Crippen molar-refractivity contribution in [2.24, 2.45) is 0 Å². The van der Waals surface area contributed by atoms with Crippen LogP contribution in [0.3, 0.4) is 0 Å². The van der Waals surface area contributed by atoms with Crippen LogP contribution in [0.15, 0.2) is 108 Å². The Morgan fingerprint density at radius 2 is 0.933 bits per heavy atom. The summed E-state index contributed by atoms with van der Waals surface area (Å²) in [5.74, 6) is 1.92. The second-order valence-corrected chi connectivity index (χ2v) is 9.11. The Morgan fingerprint density at radius 1 is 0.533 bits per heavy atom. The Kier molecular flexibility index (Phi) is 6.78. The lowest BCUT2D eigenvalue weighted by Gasteiger charge is -2.11. The molecule has 0 fully saturated rings. The first-order chi connectivity index (χ1) is 14.8. The first-order valence-corrected chi connectivity index (χ1v) is 11.9. The van der Waals surface area contributed by atoms with E-state index in [1.807, 2.05) is 35.7 Å². The molecule has 0 aliphatic rings. The summed E-state index contributed by atoms with van der Waals surface area (Å²) in [6.07, 6.45) is 3.77. The van der Waals surface area contributed by atoms with E-state index in [9.17, 15) is 0 Å². The van der Waals surface area contributed by atoms with Gasteiger partial charge in [-0.1, -0.05) is 98.1 Å². The van der Waals surface area contributed by atoms with Crippen LogP contribution < -0.4 is 0 Å². The van der Waals surface area contributed by atoms with E-state index < -0.39 is 0 Å². The molecule has 0 atom stereocenters. The predicted octanol–water partition coefficient (Wildman–Crippen LogP) is 8.71. The molecule has 0 saturated heterocycles. The predicted molar refractivity (Wildman–Crippen MR) is 136 cm³/mol. The quantitative estimate of drug-likeness (QED) is 0.259. The highest BCUT2D eigenvalue weighted by Crippen LogP contribution is 2.36. The van der Waals surface area contributed by atoms with Crippen LogP contribution >= 0.6 is 23.5 Å². The standard InChI is InChI=1S/C28H24S2/c1-3-21-11-15-23(16-12-21)19-29-27-9-5-8-26-25(27)7-6-10-28(26)30-20-24-17-13-22(4-2)14-18-24/h3-18H,1-2,19-20H2. The fourth-order valence-electron chi connectivity index (χ4n) is 3.33. The fourth-order valence-corrected chi connectivity index (χ4v) is 5.37. The Balaban J connectivity index is 1.51. The molecule has 0 unspecified atom stereocenters. The van der Waals surface area contributed by atoms with Crippen LogP contribution in [0.4, 0.5) is 0 Å². The summed E-state index contributed by atoms with van der Waals surface area (Å²) in [7, 11) is 0. The van der Waals surface area contributed by atoms with Crippen LogP contribution in [0.1, 0.15) is 22.3 Å². The topological polar surface area (TPSA) is 0 Å². The Hall–Kier alpha value is -2.68. The van der Waals surface area contributed by atoms with Gasteiger partial charge in [-0.25, -0.2) is 0 Å². The molecule has 0 heterocycles. The molecule has 4 rings (SSSR count). The number of benzene rings is 4. The molecule has 0 aliphatic heterocycles. The number of fused-ring (bicyclic) bond motifs is 1. The minimum atomic E-state index is 0.962. The van der Waals surface area contributed by atoms with Crippen LogP contribution in [-0.4, -0.2) is 0 Å². The third-order valence-corrected chi connectivity index (χ3v) is 7.35. The highest BCUT2D eigenvalue weighted by molar-refractivity contribution is 7.99. The second kappa shape index (κ2) is 9.88. The van der Waals surface area contributed by atoms with Crippen molar-refractivity contribution >= 4 is 46.4 Å². The maximum Gasteiger partial charge on any atom is 0.0232 e. The minimum absolute atomic E-state index is 0.962. The lowest BCUT2D eigenvalue weighted by atomic mass is 10.1. The lowest BCUT2D eigenvalue weighted by Crippen LogP contribution is -1.85. The molecule has 30 heavy (non-hydrogen) atoms. The van der Waals surface area contributed by atoms with Crippen LogP contribution in [-0.2, 0) is 11.5 Å². The van der Waals surface area contributed by atoms with Crippen molar-refractivity contribution in [1.82, 2.24) is 0 Å². The van der Waals surface area contributed by atoms with E-state index in [0.29, 0.717) is 0 Å². The molecule has 0 aromatic heterocycles. The molecule has 2 heteroatoms. The van der Waals surface area contributed by atoms with Crippen molar-refractivity contribution in [3.63, 3.8) is 0 Å². The summed E-state index contributed by atoms with van der Waals surface area (Å²) in [5, 5.41) is 2.66. The minimum Gasteiger partial charge on any atom is -0.121 e. The number of rotatable bonds is 8. The van der Waals surface area contributed by atoms with E-state index in [-0.39, 0.29) is 0 Å². The van der Waals surface area contributed by atoms with E-state index in [1.54, 1.807) is 0 Å². The van der Waals surface area contributed by atoms with Gasteiger partial charge in [-0.15, -0.1) is 23.5 Å². The smallest absolute Gasteiger partial charge is 0.0232 e. The van der Waals surface area contributed by atoms with E-state index in [1.165, 1.54) is 31.7 Å². The molecule has 4 aromatic carbocycles. The molecule has 148 valence electrons. The lowest BCUT2D eigenvalue weighted by molar-refractivity contribution is 1.38. The highest BCUT2D eigenvalue weighted by atomic mass is 32.2. The summed E-state index contributed by atoms with van der Waals surface area (Å²) in [5.41, 5.74) is 4.98. The molecule has 0 spiro atoms. The molecular formula is C28H24S2. The van der Waals surface area contributed by atoms with Gasteiger partial charge in [-0.3, -0.25) is 0 Å². The van der Waals surface area contributed by atoms with Gasteiger partial charge in [0.1, 0.15) is 0 Å². The molecule has 0 aliphatic carbocycles. The van der Waals surface area contributed by atoms with E-state index in [4.69, 9.17) is 0 Å². The van der Waals surface area contributed by atoms with Crippen molar-refractivity contribution in [1.29, 1.82) is 0 Å². The maximum atomic E-state index is 3.83. The molecular weight excluding hydrogens is 400 g/mol. The molecule has 0 saturated carbocycles. The van der Waals surface area contributed by atoms with Crippen molar-refractivity contribution < 1.29 is 0 Å². The van der Waals surface area contributed by atoms with Crippen molar-refractivity contribution in [3.8, 4) is 0 Å². The second-order valence-electron chi connectivity index (χ2n) is 7.08. The number of thioether (sulfide) groups is 2. The number of hydrogen-bond donors (Lipinski definition) is 0. The van der Waals surface area contributed by atoms with Crippen LogP contribution in [0.5, 0.6) is 0 Å². The van der Waals surface area contributed by atoms with Gasteiger partial charge in [-0.05, 0) is 45.2 Å². The summed E-state index contributed by atoms with van der Waals surface area (Å²) >= 11 is 3.80. The normalized spacial score (nSPS) is 10.8. The summed E-state index contributed by atoms with van der Waals surface area (Å²) < 4.78 is 0. The van der Waals surface area contributed by atoms with Crippen molar-refractivity contribution in [2.45, 2.75) is 21.3 Å². The van der Waals surface area contributed by atoms with Gasteiger partial charge in [-0.2, -0.15) is 0 Å². The summed E-state index contributed by atoms with van der Waals surface area (Å²) in [4.78, 5) is 2.66. The third kappa shape index (κ3) is 4.89. The molecule has 0 radical (unpaired) electrons. The molecule has 0 bridgehead atoms. The summed E-state index contributed by atoms with van der Waals surface area (Å²) in [6.45, 7) is 7.66. The summed E-state index contributed by atoms with van der Waals surface area (Å²) in [6, 6.07) is 30.5. The Labute approximate surface area is 187 Å². The Bertz CT molecular complexity index is 1060. The molecule has 0 nitrogen and oxygen atoms in total. The van der Waals surface area contributed by atoms with Gasteiger partial charge < -0.3 is 0 Å². The molecule has 0 N–H and O–H groups in total. The largest absolute Gasteiger partial charge is 0.121 e. The van der Waals surface area contributed by atoms with Crippen LogP contribution in [0.2, 0.25) is 0 Å². The van der Waals surface area contributed by atoms with E-state index in [0.717, 1.165) is 22.6 Å². The fraction of sp³-hybridized carbons (Fsp3) is 0.0714. The van der Waals surface area contributed by atoms with Gasteiger partial charge in [0.05, 0.1) is 0 Å². The average molecular weight is 425 g/mol. The van der Waals surface area contributed by atoms with Gasteiger partial charge in [0, 0.05) is 21.3 Å². The van der Waals surface area contributed by atoms with E-state index >= 15 is 0 Å². The zero-order valence-corrected chi connectivity index (χ0v) is 18.5.